The number of nitrogens with zero attached hydrogens (tertiary/aromatic N) is 5. The second kappa shape index (κ2) is 7.64. The predicted octanol–water partition coefficient (Wildman–Crippen LogP) is 3.83. The Bertz CT molecular complexity index is 918. The second-order valence-electron chi connectivity index (χ2n) is 7.23. The first-order valence-electron chi connectivity index (χ1n) is 9.81. The van der Waals surface area contributed by atoms with E-state index in [1.807, 2.05) is 26.2 Å². The SMILES string of the molecule is CCOCCn1c(-c2ccc(N3CCCC3C)nc2)nc2cc(C)cnc21. The minimum absolute atomic E-state index is 0.561. The maximum atomic E-state index is 5.57. The average Bonchev–Trinajstić information content (AvgIpc) is 3.25. The van der Waals surface area contributed by atoms with Gasteiger partial charge in [0.25, 0.3) is 0 Å². The average molecular weight is 365 g/mol. The topological polar surface area (TPSA) is 56.1 Å². The van der Waals surface area contributed by atoms with E-state index in [2.05, 4.69) is 39.6 Å². The molecule has 142 valence electrons. The number of aromatic nitrogens is 4. The van der Waals surface area contributed by atoms with Crippen LogP contribution in [0.3, 0.4) is 0 Å². The number of hydrogen-bond donors (Lipinski definition) is 0. The lowest BCUT2D eigenvalue weighted by molar-refractivity contribution is 0.140. The zero-order chi connectivity index (χ0) is 18.8. The van der Waals surface area contributed by atoms with Gasteiger partial charge in [-0.3, -0.25) is 0 Å². The van der Waals surface area contributed by atoms with Crippen LogP contribution >= 0.6 is 0 Å². The molecule has 1 saturated heterocycles. The summed E-state index contributed by atoms with van der Waals surface area (Å²) in [5.74, 6) is 1.95. The monoisotopic (exact) mass is 365 g/mol. The van der Waals surface area contributed by atoms with Crippen molar-refractivity contribution in [2.75, 3.05) is 24.7 Å². The molecule has 4 heterocycles. The van der Waals surface area contributed by atoms with Crippen molar-refractivity contribution < 1.29 is 4.74 Å². The minimum Gasteiger partial charge on any atom is -0.380 e. The third-order valence-electron chi connectivity index (χ3n) is 5.24. The number of hydrogen-bond acceptors (Lipinski definition) is 5. The van der Waals surface area contributed by atoms with Crippen LogP contribution in [0.4, 0.5) is 5.82 Å². The molecular weight excluding hydrogens is 338 g/mol. The number of fused-ring (bicyclic) bond motifs is 1. The first kappa shape index (κ1) is 17.9. The summed E-state index contributed by atoms with van der Waals surface area (Å²) in [5.41, 5.74) is 3.93. The van der Waals surface area contributed by atoms with E-state index in [4.69, 9.17) is 14.7 Å². The zero-order valence-corrected chi connectivity index (χ0v) is 16.4. The van der Waals surface area contributed by atoms with E-state index >= 15 is 0 Å². The van der Waals surface area contributed by atoms with E-state index in [-0.39, 0.29) is 0 Å². The second-order valence-corrected chi connectivity index (χ2v) is 7.23. The van der Waals surface area contributed by atoms with Gasteiger partial charge < -0.3 is 14.2 Å². The van der Waals surface area contributed by atoms with Gasteiger partial charge in [0.2, 0.25) is 0 Å². The van der Waals surface area contributed by atoms with Gasteiger partial charge in [0.05, 0.1) is 6.61 Å². The molecule has 0 amide bonds. The predicted molar refractivity (Wildman–Crippen MR) is 108 cm³/mol. The standard InChI is InChI=1S/C21H27N5O/c1-4-27-11-10-26-20(24-18-12-15(2)13-23-21(18)26)17-7-8-19(22-14-17)25-9-5-6-16(25)3/h7-8,12-14,16H,4-6,9-11H2,1-3H3. The van der Waals surface area contributed by atoms with Crippen LogP contribution in [0.5, 0.6) is 0 Å². The van der Waals surface area contributed by atoms with Crippen molar-refractivity contribution in [3.05, 3.63) is 36.2 Å². The summed E-state index contributed by atoms with van der Waals surface area (Å²) in [6.45, 7) is 9.48. The number of anilines is 1. The van der Waals surface area contributed by atoms with Crippen LogP contribution in [-0.2, 0) is 11.3 Å². The third kappa shape index (κ3) is 3.54. The molecule has 0 N–H and O–H groups in total. The molecule has 1 fully saturated rings. The highest BCUT2D eigenvalue weighted by Gasteiger charge is 2.22. The van der Waals surface area contributed by atoms with Crippen molar-refractivity contribution in [3.8, 4) is 11.4 Å². The number of ether oxygens (including phenoxy) is 1. The molecule has 0 saturated carbocycles. The van der Waals surface area contributed by atoms with Gasteiger partial charge in [0.15, 0.2) is 5.65 Å². The van der Waals surface area contributed by atoms with Gasteiger partial charge in [-0.05, 0) is 57.4 Å². The van der Waals surface area contributed by atoms with Crippen LogP contribution in [0.1, 0.15) is 32.3 Å². The summed E-state index contributed by atoms with van der Waals surface area (Å²) in [7, 11) is 0. The molecule has 3 aromatic heterocycles. The van der Waals surface area contributed by atoms with E-state index in [1.165, 1.54) is 12.8 Å². The molecule has 1 aliphatic rings. The largest absolute Gasteiger partial charge is 0.380 e. The molecule has 0 aromatic carbocycles. The highest BCUT2D eigenvalue weighted by Crippen LogP contribution is 2.27. The Labute approximate surface area is 160 Å². The molecule has 0 bridgehead atoms. The van der Waals surface area contributed by atoms with E-state index in [0.29, 0.717) is 19.3 Å². The fourth-order valence-corrected chi connectivity index (χ4v) is 3.81. The van der Waals surface area contributed by atoms with Crippen LogP contribution in [0.15, 0.2) is 30.6 Å². The van der Waals surface area contributed by atoms with Crippen molar-refractivity contribution in [1.82, 2.24) is 19.5 Å². The number of imidazole rings is 1. The maximum Gasteiger partial charge on any atom is 0.160 e. The summed E-state index contributed by atoms with van der Waals surface area (Å²) >= 11 is 0. The van der Waals surface area contributed by atoms with Crippen LogP contribution in [0.2, 0.25) is 0 Å². The lowest BCUT2D eigenvalue weighted by Gasteiger charge is -2.22. The molecule has 6 heteroatoms. The first-order valence-corrected chi connectivity index (χ1v) is 9.81. The Kier molecular flexibility index (Phi) is 5.07. The lowest BCUT2D eigenvalue weighted by Crippen LogP contribution is -2.26. The molecule has 1 unspecified atom stereocenters. The molecule has 0 spiro atoms. The van der Waals surface area contributed by atoms with Gasteiger partial charge in [-0.1, -0.05) is 0 Å². The Morgan fingerprint density at radius 3 is 2.81 bits per heavy atom. The van der Waals surface area contributed by atoms with Gasteiger partial charge in [-0.2, -0.15) is 0 Å². The molecule has 0 aliphatic carbocycles. The Morgan fingerprint density at radius 1 is 1.22 bits per heavy atom. The number of pyridine rings is 2. The summed E-state index contributed by atoms with van der Waals surface area (Å²) < 4.78 is 7.71. The van der Waals surface area contributed by atoms with Gasteiger partial charge in [-0.15, -0.1) is 0 Å². The van der Waals surface area contributed by atoms with Crippen LogP contribution in [0.25, 0.3) is 22.6 Å². The van der Waals surface area contributed by atoms with Crippen LogP contribution < -0.4 is 4.90 Å². The normalized spacial score (nSPS) is 17.1. The molecule has 6 nitrogen and oxygen atoms in total. The highest BCUT2D eigenvalue weighted by molar-refractivity contribution is 5.77. The summed E-state index contributed by atoms with van der Waals surface area (Å²) in [6.07, 6.45) is 6.30. The summed E-state index contributed by atoms with van der Waals surface area (Å²) in [4.78, 5) is 16.6. The van der Waals surface area contributed by atoms with E-state index in [1.54, 1.807) is 0 Å². The third-order valence-corrected chi connectivity index (χ3v) is 5.24. The van der Waals surface area contributed by atoms with E-state index in [0.717, 1.165) is 47.0 Å². The lowest BCUT2D eigenvalue weighted by atomic mass is 10.2. The van der Waals surface area contributed by atoms with Gasteiger partial charge in [0, 0.05) is 43.7 Å². The van der Waals surface area contributed by atoms with Gasteiger partial charge in [-0.25, -0.2) is 15.0 Å². The fraction of sp³-hybridized carbons (Fsp3) is 0.476. The number of aryl methyl sites for hydroxylation is 1. The van der Waals surface area contributed by atoms with Crippen molar-refractivity contribution >= 4 is 17.0 Å². The molecule has 27 heavy (non-hydrogen) atoms. The summed E-state index contributed by atoms with van der Waals surface area (Å²) in [5, 5.41) is 0. The van der Waals surface area contributed by atoms with Crippen molar-refractivity contribution in [2.45, 2.75) is 46.2 Å². The molecule has 1 atom stereocenters. The van der Waals surface area contributed by atoms with E-state index < -0.39 is 0 Å². The molecule has 1 aliphatic heterocycles. The van der Waals surface area contributed by atoms with E-state index in [9.17, 15) is 0 Å². The van der Waals surface area contributed by atoms with Crippen molar-refractivity contribution in [2.24, 2.45) is 0 Å². The Hall–Kier alpha value is -2.47. The van der Waals surface area contributed by atoms with Crippen LogP contribution in [0, 0.1) is 6.92 Å². The van der Waals surface area contributed by atoms with Crippen molar-refractivity contribution in [1.29, 1.82) is 0 Å². The Morgan fingerprint density at radius 2 is 2.11 bits per heavy atom. The Balaban J connectivity index is 1.70. The highest BCUT2D eigenvalue weighted by atomic mass is 16.5. The smallest absolute Gasteiger partial charge is 0.160 e. The number of rotatable bonds is 6. The molecule has 3 aromatic rings. The summed E-state index contributed by atoms with van der Waals surface area (Å²) in [6, 6.07) is 6.88. The molecule has 4 rings (SSSR count). The quantitative estimate of drug-likeness (QED) is 0.622. The maximum absolute atomic E-state index is 5.57. The van der Waals surface area contributed by atoms with Crippen LogP contribution in [-0.4, -0.2) is 45.3 Å². The molecular formula is C21H27N5O. The van der Waals surface area contributed by atoms with Gasteiger partial charge in [0.1, 0.15) is 17.2 Å². The fourth-order valence-electron chi connectivity index (χ4n) is 3.81. The minimum atomic E-state index is 0.561. The van der Waals surface area contributed by atoms with Gasteiger partial charge >= 0.3 is 0 Å². The zero-order valence-electron chi connectivity index (χ0n) is 16.4. The van der Waals surface area contributed by atoms with Crippen molar-refractivity contribution in [3.63, 3.8) is 0 Å². The molecule has 0 radical (unpaired) electrons. The first-order chi connectivity index (χ1) is 13.2.